The minimum absolute atomic E-state index is 0.174. The lowest BCUT2D eigenvalue weighted by Gasteiger charge is -2.23. The standard InChI is InChI=1S/C17H26O/c1-7-9-13(3)15-12-14(17(4,5)6)10-11-16(15)18-8-2/h7,10-13H,1,8-9H2,2-6H3. The van der Waals surface area contributed by atoms with Crippen molar-refractivity contribution in [3.05, 3.63) is 42.0 Å². The fourth-order valence-electron chi connectivity index (χ4n) is 2.06. The van der Waals surface area contributed by atoms with Crippen LogP contribution in [0.5, 0.6) is 5.75 Å². The maximum absolute atomic E-state index is 5.74. The second-order valence-corrected chi connectivity index (χ2v) is 5.86. The molecular weight excluding hydrogens is 220 g/mol. The van der Waals surface area contributed by atoms with Crippen LogP contribution in [0, 0.1) is 0 Å². The molecule has 0 aliphatic carbocycles. The van der Waals surface area contributed by atoms with E-state index in [1.165, 1.54) is 11.1 Å². The van der Waals surface area contributed by atoms with Gasteiger partial charge in [-0.15, -0.1) is 6.58 Å². The van der Waals surface area contributed by atoms with Crippen LogP contribution in [0.2, 0.25) is 0 Å². The van der Waals surface area contributed by atoms with E-state index in [-0.39, 0.29) is 5.41 Å². The predicted molar refractivity (Wildman–Crippen MR) is 79.5 cm³/mol. The first-order valence-electron chi connectivity index (χ1n) is 6.78. The summed E-state index contributed by atoms with van der Waals surface area (Å²) in [5.74, 6) is 1.46. The largest absolute Gasteiger partial charge is 0.494 e. The Kier molecular flexibility index (Phi) is 5.01. The van der Waals surface area contributed by atoms with E-state index in [0.29, 0.717) is 12.5 Å². The van der Waals surface area contributed by atoms with Gasteiger partial charge < -0.3 is 4.74 Å². The van der Waals surface area contributed by atoms with Crippen molar-refractivity contribution in [2.45, 2.75) is 52.4 Å². The lowest BCUT2D eigenvalue weighted by Crippen LogP contribution is -2.12. The van der Waals surface area contributed by atoms with Crippen molar-refractivity contribution in [3.8, 4) is 5.75 Å². The Morgan fingerprint density at radius 3 is 2.50 bits per heavy atom. The third kappa shape index (κ3) is 3.63. The third-order valence-corrected chi connectivity index (χ3v) is 3.23. The molecule has 0 fully saturated rings. The quantitative estimate of drug-likeness (QED) is 0.660. The average molecular weight is 246 g/mol. The van der Waals surface area contributed by atoms with Gasteiger partial charge in [0.05, 0.1) is 6.61 Å². The number of hydrogen-bond acceptors (Lipinski definition) is 1. The molecule has 1 atom stereocenters. The van der Waals surface area contributed by atoms with Crippen LogP contribution in [-0.4, -0.2) is 6.61 Å². The molecule has 100 valence electrons. The summed E-state index contributed by atoms with van der Waals surface area (Å²) in [7, 11) is 0. The van der Waals surface area contributed by atoms with E-state index >= 15 is 0 Å². The lowest BCUT2D eigenvalue weighted by atomic mass is 9.84. The van der Waals surface area contributed by atoms with Crippen molar-refractivity contribution in [3.63, 3.8) is 0 Å². The number of hydrogen-bond donors (Lipinski definition) is 0. The summed E-state index contributed by atoms with van der Waals surface area (Å²) >= 11 is 0. The second kappa shape index (κ2) is 6.08. The fraction of sp³-hybridized carbons (Fsp3) is 0.529. The van der Waals surface area contributed by atoms with Crippen molar-refractivity contribution in [2.24, 2.45) is 0 Å². The van der Waals surface area contributed by atoms with Gasteiger partial charge in [-0.05, 0) is 41.9 Å². The maximum Gasteiger partial charge on any atom is 0.122 e. The molecular formula is C17H26O. The molecule has 0 aromatic heterocycles. The molecule has 1 nitrogen and oxygen atoms in total. The zero-order valence-electron chi connectivity index (χ0n) is 12.4. The maximum atomic E-state index is 5.74. The summed E-state index contributed by atoms with van der Waals surface area (Å²) in [4.78, 5) is 0. The van der Waals surface area contributed by atoms with E-state index in [9.17, 15) is 0 Å². The van der Waals surface area contributed by atoms with E-state index in [1.54, 1.807) is 0 Å². The van der Waals surface area contributed by atoms with Crippen LogP contribution in [0.25, 0.3) is 0 Å². The van der Waals surface area contributed by atoms with Crippen LogP contribution in [0.15, 0.2) is 30.9 Å². The van der Waals surface area contributed by atoms with E-state index in [0.717, 1.165) is 12.2 Å². The SMILES string of the molecule is C=CCC(C)c1cc(C(C)(C)C)ccc1OCC. The van der Waals surface area contributed by atoms with Gasteiger partial charge in [-0.1, -0.05) is 45.9 Å². The number of benzene rings is 1. The third-order valence-electron chi connectivity index (χ3n) is 3.23. The van der Waals surface area contributed by atoms with Crippen molar-refractivity contribution < 1.29 is 4.74 Å². The summed E-state index contributed by atoms with van der Waals surface area (Å²) in [5, 5.41) is 0. The summed E-state index contributed by atoms with van der Waals surface area (Å²) in [6, 6.07) is 6.58. The van der Waals surface area contributed by atoms with Crippen molar-refractivity contribution in [2.75, 3.05) is 6.61 Å². The van der Waals surface area contributed by atoms with Gasteiger partial charge in [0.25, 0.3) is 0 Å². The Balaban J connectivity index is 3.19. The Morgan fingerprint density at radius 2 is 2.00 bits per heavy atom. The summed E-state index contributed by atoms with van der Waals surface area (Å²) in [6.45, 7) is 15.5. The highest BCUT2D eigenvalue weighted by molar-refractivity contribution is 5.42. The molecule has 0 aliphatic heterocycles. The lowest BCUT2D eigenvalue weighted by molar-refractivity contribution is 0.334. The zero-order valence-corrected chi connectivity index (χ0v) is 12.4. The van der Waals surface area contributed by atoms with Gasteiger partial charge in [-0.25, -0.2) is 0 Å². The number of allylic oxidation sites excluding steroid dienone is 1. The Morgan fingerprint density at radius 1 is 1.33 bits per heavy atom. The average Bonchev–Trinajstić information content (AvgIpc) is 2.28. The predicted octanol–water partition coefficient (Wildman–Crippen LogP) is 5.06. The minimum Gasteiger partial charge on any atom is -0.494 e. The van der Waals surface area contributed by atoms with Crippen LogP contribution in [-0.2, 0) is 5.41 Å². The van der Waals surface area contributed by atoms with Gasteiger partial charge in [0.2, 0.25) is 0 Å². The monoisotopic (exact) mass is 246 g/mol. The Hall–Kier alpha value is -1.24. The highest BCUT2D eigenvalue weighted by Crippen LogP contribution is 2.33. The van der Waals surface area contributed by atoms with Crippen LogP contribution in [0.3, 0.4) is 0 Å². The first-order chi connectivity index (χ1) is 8.40. The molecule has 0 heterocycles. The van der Waals surface area contributed by atoms with Crippen LogP contribution in [0.4, 0.5) is 0 Å². The summed E-state index contributed by atoms with van der Waals surface area (Å²) in [6.07, 6.45) is 2.96. The van der Waals surface area contributed by atoms with Gasteiger partial charge in [-0.3, -0.25) is 0 Å². The molecule has 0 saturated carbocycles. The summed E-state index contributed by atoms with van der Waals surface area (Å²) < 4.78 is 5.74. The molecule has 0 aliphatic rings. The number of ether oxygens (including phenoxy) is 1. The van der Waals surface area contributed by atoms with E-state index in [4.69, 9.17) is 4.74 Å². The minimum atomic E-state index is 0.174. The topological polar surface area (TPSA) is 9.23 Å². The molecule has 18 heavy (non-hydrogen) atoms. The highest BCUT2D eigenvalue weighted by atomic mass is 16.5. The second-order valence-electron chi connectivity index (χ2n) is 5.86. The first-order valence-corrected chi connectivity index (χ1v) is 6.78. The molecule has 0 amide bonds. The highest BCUT2D eigenvalue weighted by Gasteiger charge is 2.18. The van der Waals surface area contributed by atoms with Crippen LogP contribution >= 0.6 is 0 Å². The molecule has 0 bridgehead atoms. The van der Waals surface area contributed by atoms with E-state index < -0.39 is 0 Å². The molecule has 0 N–H and O–H groups in total. The summed E-state index contributed by atoms with van der Waals surface area (Å²) in [5.41, 5.74) is 2.83. The Labute approximate surface area is 112 Å². The zero-order chi connectivity index (χ0) is 13.8. The van der Waals surface area contributed by atoms with Gasteiger partial charge in [0.15, 0.2) is 0 Å². The van der Waals surface area contributed by atoms with E-state index in [2.05, 4.69) is 52.5 Å². The molecule has 0 saturated heterocycles. The number of rotatable bonds is 5. The molecule has 0 radical (unpaired) electrons. The van der Waals surface area contributed by atoms with Crippen molar-refractivity contribution in [1.29, 1.82) is 0 Å². The van der Waals surface area contributed by atoms with Gasteiger partial charge in [0.1, 0.15) is 5.75 Å². The molecule has 0 spiro atoms. The van der Waals surface area contributed by atoms with Crippen LogP contribution < -0.4 is 4.74 Å². The smallest absolute Gasteiger partial charge is 0.122 e. The van der Waals surface area contributed by atoms with Gasteiger partial charge in [0, 0.05) is 0 Å². The van der Waals surface area contributed by atoms with Crippen molar-refractivity contribution >= 4 is 0 Å². The Bertz CT molecular complexity index is 399. The fourth-order valence-corrected chi connectivity index (χ4v) is 2.06. The molecule has 1 aromatic carbocycles. The first kappa shape index (κ1) is 14.8. The van der Waals surface area contributed by atoms with E-state index in [1.807, 2.05) is 13.0 Å². The molecule has 1 rings (SSSR count). The molecule has 1 heteroatoms. The van der Waals surface area contributed by atoms with Gasteiger partial charge in [-0.2, -0.15) is 0 Å². The molecule has 1 aromatic rings. The van der Waals surface area contributed by atoms with Crippen molar-refractivity contribution in [1.82, 2.24) is 0 Å². The molecule has 1 unspecified atom stereocenters. The van der Waals surface area contributed by atoms with Crippen LogP contribution in [0.1, 0.15) is 58.1 Å². The normalized spacial score (nSPS) is 13.2. The van der Waals surface area contributed by atoms with Gasteiger partial charge >= 0.3 is 0 Å².